The number of rotatable bonds is 10. The van der Waals surface area contributed by atoms with Gasteiger partial charge < -0.3 is 10.1 Å². The zero-order chi connectivity index (χ0) is 15.0. The smallest absolute Gasteiger partial charge is 0.0753 e. The Bertz CT molecular complexity index is 362. The fourth-order valence-corrected chi connectivity index (χ4v) is 2.54. The zero-order valence-corrected chi connectivity index (χ0v) is 13.7. The third-order valence-electron chi connectivity index (χ3n) is 3.54. The Morgan fingerprint density at radius 1 is 1.30 bits per heavy atom. The molecule has 0 amide bonds. The molecule has 4 nitrogen and oxygen atoms in total. The average Bonchev–Trinajstić information content (AvgIpc) is 2.88. The lowest BCUT2D eigenvalue weighted by molar-refractivity contribution is 0.00362. The maximum absolute atomic E-state index is 5.98. The molecule has 1 heterocycles. The van der Waals surface area contributed by atoms with Crippen LogP contribution in [0.1, 0.15) is 46.6 Å². The highest BCUT2D eigenvalue weighted by Gasteiger charge is 2.25. The van der Waals surface area contributed by atoms with Gasteiger partial charge in [-0.2, -0.15) is 5.10 Å². The molecule has 2 atom stereocenters. The van der Waals surface area contributed by atoms with Gasteiger partial charge in [0, 0.05) is 25.4 Å². The second-order valence-electron chi connectivity index (χ2n) is 5.63. The van der Waals surface area contributed by atoms with Crippen molar-refractivity contribution in [3.05, 3.63) is 18.0 Å². The summed E-state index contributed by atoms with van der Waals surface area (Å²) >= 11 is 0. The molecule has 0 aromatic carbocycles. The quantitative estimate of drug-likeness (QED) is 0.717. The first-order valence-corrected chi connectivity index (χ1v) is 7.98. The Morgan fingerprint density at radius 3 is 2.55 bits per heavy atom. The van der Waals surface area contributed by atoms with Crippen LogP contribution >= 0.6 is 0 Å². The number of aryl methyl sites for hydroxylation is 1. The monoisotopic (exact) mass is 281 g/mol. The van der Waals surface area contributed by atoms with Gasteiger partial charge in [-0.3, -0.25) is 4.68 Å². The number of aromatic nitrogens is 2. The molecule has 1 N–H and O–H groups in total. The van der Waals surface area contributed by atoms with Crippen molar-refractivity contribution in [2.24, 2.45) is 5.92 Å². The fourth-order valence-electron chi connectivity index (χ4n) is 2.54. The van der Waals surface area contributed by atoms with E-state index in [1.54, 1.807) is 0 Å². The molecule has 20 heavy (non-hydrogen) atoms. The molecule has 0 aliphatic heterocycles. The SMILES string of the molecule is CCCNC(Cc1cnn(CC)c1)C(OCC)C(C)C. The van der Waals surface area contributed by atoms with Crippen molar-refractivity contribution in [1.29, 1.82) is 0 Å². The minimum Gasteiger partial charge on any atom is -0.377 e. The number of nitrogens with one attached hydrogen (secondary N) is 1. The first kappa shape index (κ1) is 17.2. The Hall–Kier alpha value is -0.870. The maximum atomic E-state index is 5.98. The van der Waals surface area contributed by atoms with Gasteiger partial charge in [0.15, 0.2) is 0 Å². The van der Waals surface area contributed by atoms with E-state index in [0.717, 1.165) is 32.5 Å². The predicted molar refractivity (Wildman–Crippen MR) is 83.9 cm³/mol. The molecule has 4 heteroatoms. The van der Waals surface area contributed by atoms with Crippen LogP contribution in [0.5, 0.6) is 0 Å². The van der Waals surface area contributed by atoms with Crippen molar-refractivity contribution in [2.45, 2.75) is 66.2 Å². The van der Waals surface area contributed by atoms with E-state index in [9.17, 15) is 0 Å². The van der Waals surface area contributed by atoms with Crippen LogP contribution in [-0.4, -0.2) is 35.1 Å². The van der Waals surface area contributed by atoms with E-state index in [2.05, 4.69) is 51.2 Å². The topological polar surface area (TPSA) is 39.1 Å². The summed E-state index contributed by atoms with van der Waals surface area (Å²) in [5.41, 5.74) is 1.28. The molecule has 116 valence electrons. The Labute approximate surface area is 123 Å². The molecule has 1 rings (SSSR count). The number of ether oxygens (including phenoxy) is 1. The minimum atomic E-state index is 0.247. The highest BCUT2D eigenvalue weighted by atomic mass is 16.5. The second kappa shape index (κ2) is 9.14. The van der Waals surface area contributed by atoms with Crippen LogP contribution in [0.15, 0.2) is 12.4 Å². The van der Waals surface area contributed by atoms with Crippen molar-refractivity contribution in [3.8, 4) is 0 Å². The third kappa shape index (κ3) is 5.25. The van der Waals surface area contributed by atoms with Crippen molar-refractivity contribution in [3.63, 3.8) is 0 Å². The third-order valence-corrected chi connectivity index (χ3v) is 3.54. The van der Waals surface area contributed by atoms with Crippen LogP contribution in [0.3, 0.4) is 0 Å². The van der Waals surface area contributed by atoms with Gasteiger partial charge in [0.2, 0.25) is 0 Å². The Morgan fingerprint density at radius 2 is 2.05 bits per heavy atom. The summed E-state index contributed by atoms with van der Waals surface area (Å²) in [5.74, 6) is 0.505. The summed E-state index contributed by atoms with van der Waals surface area (Å²) in [5, 5.41) is 8.02. The van der Waals surface area contributed by atoms with Gasteiger partial charge in [0.25, 0.3) is 0 Å². The van der Waals surface area contributed by atoms with Crippen molar-refractivity contribution >= 4 is 0 Å². The van der Waals surface area contributed by atoms with Gasteiger partial charge in [0.05, 0.1) is 12.3 Å². The molecular weight excluding hydrogens is 250 g/mol. The fraction of sp³-hybridized carbons (Fsp3) is 0.812. The minimum absolute atomic E-state index is 0.247. The molecule has 0 fully saturated rings. The van der Waals surface area contributed by atoms with Gasteiger partial charge in [-0.15, -0.1) is 0 Å². The van der Waals surface area contributed by atoms with Crippen LogP contribution < -0.4 is 5.32 Å². The molecular formula is C16H31N3O. The van der Waals surface area contributed by atoms with Crippen molar-refractivity contribution < 1.29 is 4.74 Å². The van der Waals surface area contributed by atoms with Crippen molar-refractivity contribution in [2.75, 3.05) is 13.2 Å². The van der Waals surface area contributed by atoms with E-state index in [4.69, 9.17) is 4.74 Å². The van der Waals surface area contributed by atoms with Gasteiger partial charge in [-0.25, -0.2) is 0 Å². The summed E-state index contributed by atoms with van der Waals surface area (Å²) in [4.78, 5) is 0. The lowest BCUT2D eigenvalue weighted by Gasteiger charge is -2.30. The second-order valence-corrected chi connectivity index (χ2v) is 5.63. The molecule has 0 saturated carbocycles. The van der Waals surface area contributed by atoms with E-state index >= 15 is 0 Å². The predicted octanol–water partition coefficient (Wildman–Crippen LogP) is 2.87. The molecule has 2 unspecified atom stereocenters. The van der Waals surface area contributed by atoms with Gasteiger partial charge >= 0.3 is 0 Å². The lowest BCUT2D eigenvalue weighted by Crippen LogP contribution is -2.46. The number of hydrogen-bond donors (Lipinski definition) is 1. The first-order chi connectivity index (χ1) is 9.62. The normalized spacial score (nSPS) is 14.7. The van der Waals surface area contributed by atoms with Gasteiger partial charge in [-0.05, 0) is 44.7 Å². The summed E-state index contributed by atoms with van der Waals surface area (Å²) in [6.07, 6.45) is 6.48. The highest BCUT2D eigenvalue weighted by molar-refractivity contribution is 5.07. The van der Waals surface area contributed by atoms with E-state index < -0.39 is 0 Å². The Kier molecular flexibility index (Phi) is 7.85. The molecule has 0 radical (unpaired) electrons. The molecule has 0 saturated heterocycles. The first-order valence-electron chi connectivity index (χ1n) is 7.98. The lowest BCUT2D eigenvalue weighted by atomic mass is 9.94. The number of nitrogens with zero attached hydrogens (tertiary/aromatic N) is 2. The standard InChI is InChI=1S/C16H31N3O/c1-6-9-17-15(16(13(4)5)20-8-3)10-14-11-18-19(7-2)12-14/h11-13,15-17H,6-10H2,1-5H3. The van der Waals surface area contributed by atoms with E-state index in [-0.39, 0.29) is 6.10 Å². The van der Waals surface area contributed by atoms with Crippen LogP contribution in [-0.2, 0) is 17.7 Å². The highest BCUT2D eigenvalue weighted by Crippen LogP contribution is 2.16. The van der Waals surface area contributed by atoms with E-state index in [1.807, 2.05) is 10.9 Å². The largest absolute Gasteiger partial charge is 0.377 e. The summed E-state index contributed by atoms with van der Waals surface area (Å²) in [7, 11) is 0. The van der Waals surface area contributed by atoms with Gasteiger partial charge in [-0.1, -0.05) is 20.8 Å². The maximum Gasteiger partial charge on any atom is 0.0753 e. The van der Waals surface area contributed by atoms with Gasteiger partial charge in [0.1, 0.15) is 0 Å². The molecule has 0 bridgehead atoms. The molecule has 1 aromatic rings. The van der Waals surface area contributed by atoms with Crippen LogP contribution in [0.25, 0.3) is 0 Å². The van der Waals surface area contributed by atoms with E-state index in [0.29, 0.717) is 12.0 Å². The van der Waals surface area contributed by atoms with Crippen LogP contribution in [0.4, 0.5) is 0 Å². The van der Waals surface area contributed by atoms with Crippen molar-refractivity contribution in [1.82, 2.24) is 15.1 Å². The zero-order valence-electron chi connectivity index (χ0n) is 13.7. The molecule has 0 spiro atoms. The van der Waals surface area contributed by atoms with Crippen LogP contribution in [0, 0.1) is 5.92 Å². The Balaban J connectivity index is 2.75. The molecule has 0 aliphatic carbocycles. The molecule has 0 aliphatic rings. The summed E-state index contributed by atoms with van der Waals surface area (Å²) < 4.78 is 7.96. The molecule has 1 aromatic heterocycles. The average molecular weight is 281 g/mol. The van der Waals surface area contributed by atoms with E-state index in [1.165, 1.54) is 5.56 Å². The number of hydrogen-bond acceptors (Lipinski definition) is 3. The summed E-state index contributed by atoms with van der Waals surface area (Å²) in [6.45, 7) is 13.6. The van der Waals surface area contributed by atoms with Crippen LogP contribution in [0.2, 0.25) is 0 Å². The summed E-state index contributed by atoms with van der Waals surface area (Å²) in [6, 6.07) is 0.351.